The molecule has 27 heavy (non-hydrogen) atoms. The smallest absolute Gasteiger partial charge is 0.156 e. The molecule has 3 heteroatoms. The highest BCUT2D eigenvalue weighted by Crippen LogP contribution is 2.68. The molecule has 5 aliphatic rings. The van der Waals surface area contributed by atoms with Crippen LogP contribution in [-0.4, -0.2) is 24.6 Å². The number of epoxide rings is 1. The summed E-state index contributed by atoms with van der Waals surface area (Å²) < 4.78 is 11.7. The molecular formula is C24H26O3. The molecule has 3 nitrogen and oxygen atoms in total. The Morgan fingerprint density at radius 1 is 1.07 bits per heavy atom. The molecule has 4 aliphatic carbocycles. The Morgan fingerprint density at radius 2 is 1.93 bits per heavy atom. The molecule has 140 valence electrons. The molecule has 1 heterocycles. The molecule has 0 amide bonds. The van der Waals surface area contributed by atoms with E-state index in [2.05, 4.69) is 24.3 Å². The fourth-order valence-corrected chi connectivity index (χ4v) is 6.76. The van der Waals surface area contributed by atoms with Gasteiger partial charge in [0.25, 0.3) is 0 Å². The number of hydrogen-bond donors (Lipinski definition) is 0. The van der Waals surface area contributed by atoms with E-state index in [1.807, 2.05) is 6.08 Å². The third-order valence-electron chi connectivity index (χ3n) is 7.94. The van der Waals surface area contributed by atoms with Crippen molar-refractivity contribution in [3.05, 3.63) is 52.6 Å². The average Bonchev–Trinajstić information content (AvgIpc) is 3.27. The number of carbonyl (C=O) groups is 1. The summed E-state index contributed by atoms with van der Waals surface area (Å²) in [5, 5.41) is 0. The van der Waals surface area contributed by atoms with E-state index >= 15 is 0 Å². The van der Waals surface area contributed by atoms with Gasteiger partial charge in [-0.3, -0.25) is 4.79 Å². The zero-order valence-corrected chi connectivity index (χ0v) is 15.9. The van der Waals surface area contributed by atoms with Crippen molar-refractivity contribution >= 4 is 5.78 Å². The van der Waals surface area contributed by atoms with E-state index in [-0.39, 0.29) is 5.60 Å². The van der Waals surface area contributed by atoms with Crippen molar-refractivity contribution in [2.24, 2.45) is 11.8 Å². The van der Waals surface area contributed by atoms with Gasteiger partial charge < -0.3 is 9.47 Å². The minimum atomic E-state index is 0.144. The van der Waals surface area contributed by atoms with Crippen LogP contribution >= 0.6 is 0 Å². The Morgan fingerprint density at radius 3 is 2.70 bits per heavy atom. The predicted molar refractivity (Wildman–Crippen MR) is 103 cm³/mol. The quantitative estimate of drug-likeness (QED) is 0.714. The molecule has 5 unspecified atom stereocenters. The van der Waals surface area contributed by atoms with Gasteiger partial charge in [-0.2, -0.15) is 0 Å². The summed E-state index contributed by atoms with van der Waals surface area (Å²) in [6.45, 7) is 0. The van der Waals surface area contributed by atoms with E-state index in [1.165, 1.54) is 36.0 Å². The minimum Gasteiger partial charge on any atom is -0.497 e. The molecule has 1 aromatic carbocycles. The second-order valence-corrected chi connectivity index (χ2v) is 8.99. The summed E-state index contributed by atoms with van der Waals surface area (Å²) in [6.07, 6.45) is 9.99. The second kappa shape index (κ2) is 5.57. The molecule has 0 radical (unpaired) electrons. The first kappa shape index (κ1) is 16.1. The summed E-state index contributed by atoms with van der Waals surface area (Å²) in [5.74, 6) is 2.98. The lowest BCUT2D eigenvalue weighted by Gasteiger charge is -2.46. The van der Waals surface area contributed by atoms with Gasteiger partial charge in [0.05, 0.1) is 18.8 Å². The van der Waals surface area contributed by atoms with Crippen molar-refractivity contribution in [1.82, 2.24) is 0 Å². The van der Waals surface area contributed by atoms with E-state index in [0.29, 0.717) is 36.1 Å². The number of allylic oxidation sites excluding steroid dienone is 4. The lowest BCUT2D eigenvalue weighted by atomic mass is 9.58. The highest BCUT2D eigenvalue weighted by atomic mass is 16.6. The van der Waals surface area contributed by atoms with E-state index in [4.69, 9.17) is 9.47 Å². The molecule has 2 saturated carbocycles. The zero-order chi connectivity index (χ0) is 18.2. The molecule has 6 rings (SSSR count). The number of methoxy groups -OCH3 is 1. The molecule has 3 fully saturated rings. The van der Waals surface area contributed by atoms with Gasteiger partial charge in [0.2, 0.25) is 0 Å². The number of ether oxygens (including phenoxy) is 2. The third-order valence-corrected chi connectivity index (χ3v) is 7.94. The first-order chi connectivity index (χ1) is 13.2. The molecule has 1 aliphatic heterocycles. The maximum Gasteiger partial charge on any atom is 0.156 e. The van der Waals surface area contributed by atoms with Crippen molar-refractivity contribution < 1.29 is 14.3 Å². The molecular weight excluding hydrogens is 336 g/mol. The normalized spacial score (nSPS) is 39.1. The molecule has 0 aromatic heterocycles. The fraction of sp³-hybridized carbons (Fsp3) is 0.542. The van der Waals surface area contributed by atoms with Gasteiger partial charge in [-0.05, 0) is 85.3 Å². The SMILES string of the molecule is COc1ccc(C2CC34OC3CCC4C3CCC4=CC(=O)CCC4=C23)cc1. The summed E-state index contributed by atoms with van der Waals surface area (Å²) in [5.41, 5.74) is 6.03. The number of fused-ring (bicyclic) bond motifs is 3. The topological polar surface area (TPSA) is 38.8 Å². The number of rotatable bonds is 2. The second-order valence-electron chi connectivity index (χ2n) is 8.99. The Kier molecular flexibility index (Phi) is 3.33. The van der Waals surface area contributed by atoms with Crippen molar-refractivity contribution in [2.45, 2.75) is 62.6 Å². The Labute approximate surface area is 160 Å². The van der Waals surface area contributed by atoms with Crippen LogP contribution in [0, 0.1) is 11.8 Å². The van der Waals surface area contributed by atoms with Crippen LogP contribution < -0.4 is 4.74 Å². The molecule has 1 saturated heterocycles. The van der Waals surface area contributed by atoms with Crippen LogP contribution in [0.25, 0.3) is 0 Å². The van der Waals surface area contributed by atoms with Crippen molar-refractivity contribution in [1.29, 1.82) is 0 Å². The first-order valence-electron chi connectivity index (χ1n) is 10.5. The van der Waals surface area contributed by atoms with Crippen LogP contribution in [0.1, 0.15) is 56.4 Å². The summed E-state index contributed by atoms with van der Waals surface area (Å²) in [4.78, 5) is 12.0. The lowest BCUT2D eigenvalue weighted by Crippen LogP contribution is -2.41. The van der Waals surface area contributed by atoms with Gasteiger partial charge in [0.15, 0.2) is 5.78 Å². The fourth-order valence-electron chi connectivity index (χ4n) is 6.76. The number of hydrogen-bond acceptors (Lipinski definition) is 3. The van der Waals surface area contributed by atoms with Crippen LogP contribution in [0.4, 0.5) is 0 Å². The van der Waals surface area contributed by atoms with E-state index in [0.717, 1.165) is 25.0 Å². The van der Waals surface area contributed by atoms with Crippen LogP contribution in [0.2, 0.25) is 0 Å². The number of benzene rings is 1. The standard InChI is InChI=1S/C24H26O3/c1-26-17-6-2-14(3-7-17)20-13-24-21(10-11-22(24)27-24)19-8-4-15-12-16(25)5-9-18(15)23(19)20/h2-3,6-7,12,19-22H,4-5,8-11,13H2,1H3. The van der Waals surface area contributed by atoms with E-state index < -0.39 is 0 Å². The Hall–Kier alpha value is -1.87. The molecule has 1 aromatic rings. The van der Waals surface area contributed by atoms with E-state index in [9.17, 15) is 4.79 Å². The molecule has 0 bridgehead atoms. The van der Waals surface area contributed by atoms with Crippen LogP contribution in [0.3, 0.4) is 0 Å². The molecule has 5 atom stereocenters. The lowest BCUT2D eigenvalue weighted by molar-refractivity contribution is -0.114. The van der Waals surface area contributed by atoms with Gasteiger partial charge in [-0.1, -0.05) is 17.7 Å². The van der Waals surface area contributed by atoms with Crippen LogP contribution in [-0.2, 0) is 9.53 Å². The Bertz CT molecular complexity index is 877. The number of carbonyl (C=O) groups excluding carboxylic acids is 1. The van der Waals surface area contributed by atoms with Crippen LogP contribution in [0.15, 0.2) is 47.1 Å². The molecule has 0 N–H and O–H groups in total. The molecule has 1 spiro atoms. The number of ketones is 1. The van der Waals surface area contributed by atoms with Gasteiger partial charge >= 0.3 is 0 Å². The van der Waals surface area contributed by atoms with Gasteiger partial charge in [-0.15, -0.1) is 0 Å². The Balaban J connectivity index is 1.50. The van der Waals surface area contributed by atoms with Gasteiger partial charge in [0.1, 0.15) is 5.75 Å². The highest BCUT2D eigenvalue weighted by molar-refractivity contribution is 5.93. The first-order valence-corrected chi connectivity index (χ1v) is 10.5. The van der Waals surface area contributed by atoms with Gasteiger partial charge in [0, 0.05) is 12.3 Å². The zero-order valence-electron chi connectivity index (χ0n) is 15.9. The third kappa shape index (κ3) is 2.21. The summed E-state index contributed by atoms with van der Waals surface area (Å²) in [6, 6.07) is 8.65. The highest BCUT2D eigenvalue weighted by Gasteiger charge is 2.70. The largest absolute Gasteiger partial charge is 0.497 e. The van der Waals surface area contributed by atoms with Gasteiger partial charge in [-0.25, -0.2) is 0 Å². The van der Waals surface area contributed by atoms with Crippen molar-refractivity contribution in [3.8, 4) is 5.75 Å². The summed E-state index contributed by atoms with van der Waals surface area (Å²) >= 11 is 0. The van der Waals surface area contributed by atoms with Crippen LogP contribution in [0.5, 0.6) is 5.75 Å². The van der Waals surface area contributed by atoms with E-state index in [1.54, 1.807) is 12.7 Å². The predicted octanol–water partition coefficient (Wildman–Crippen LogP) is 4.73. The summed E-state index contributed by atoms with van der Waals surface area (Å²) in [7, 11) is 1.72. The maximum atomic E-state index is 12.0. The van der Waals surface area contributed by atoms with Crippen molar-refractivity contribution in [3.63, 3.8) is 0 Å². The maximum absolute atomic E-state index is 12.0. The minimum absolute atomic E-state index is 0.144. The van der Waals surface area contributed by atoms with Crippen molar-refractivity contribution in [2.75, 3.05) is 7.11 Å². The average molecular weight is 362 g/mol. The monoisotopic (exact) mass is 362 g/mol.